The number of aliphatic hydroxyl groups is 1. The molecule has 0 spiro atoms. The minimum absolute atomic E-state index is 0.342. The van der Waals surface area contributed by atoms with Gasteiger partial charge in [0.2, 0.25) is 0 Å². The van der Waals surface area contributed by atoms with E-state index in [1.807, 2.05) is 13.2 Å². The Labute approximate surface area is 95.1 Å². The van der Waals surface area contributed by atoms with Crippen LogP contribution in [-0.2, 0) is 13.5 Å². The van der Waals surface area contributed by atoms with E-state index in [1.54, 1.807) is 4.68 Å². The number of fused-ring (bicyclic) bond motifs is 1. The Morgan fingerprint density at radius 3 is 3.19 bits per heavy atom. The van der Waals surface area contributed by atoms with Crippen molar-refractivity contribution in [2.24, 2.45) is 7.05 Å². The van der Waals surface area contributed by atoms with Gasteiger partial charge in [0.15, 0.2) is 0 Å². The van der Waals surface area contributed by atoms with Crippen LogP contribution >= 0.6 is 0 Å². The van der Waals surface area contributed by atoms with E-state index in [-0.39, 0.29) is 0 Å². The Morgan fingerprint density at radius 1 is 1.56 bits per heavy atom. The van der Waals surface area contributed by atoms with Crippen molar-refractivity contribution >= 4 is 0 Å². The molecule has 1 aromatic rings. The molecule has 2 aliphatic heterocycles. The van der Waals surface area contributed by atoms with Gasteiger partial charge in [-0.2, -0.15) is 0 Å². The molecule has 0 aromatic carbocycles. The van der Waals surface area contributed by atoms with Crippen molar-refractivity contribution in [3.63, 3.8) is 0 Å². The maximum Gasteiger partial charge on any atom is 0.0870 e. The molecule has 1 aromatic heterocycles. The third-order valence-corrected chi connectivity index (χ3v) is 3.95. The summed E-state index contributed by atoms with van der Waals surface area (Å²) in [5, 5.41) is 18.7. The molecule has 5 heteroatoms. The molecule has 3 heterocycles. The van der Waals surface area contributed by atoms with Gasteiger partial charge in [0.1, 0.15) is 0 Å². The highest BCUT2D eigenvalue weighted by atomic mass is 16.3. The second kappa shape index (κ2) is 3.53. The predicted molar refractivity (Wildman–Crippen MR) is 58.9 cm³/mol. The summed E-state index contributed by atoms with van der Waals surface area (Å²) in [5.74, 6) is 0. The van der Waals surface area contributed by atoms with E-state index in [9.17, 15) is 5.11 Å². The monoisotopic (exact) mass is 222 g/mol. The van der Waals surface area contributed by atoms with Crippen LogP contribution in [-0.4, -0.2) is 49.7 Å². The van der Waals surface area contributed by atoms with E-state index in [2.05, 4.69) is 15.2 Å². The van der Waals surface area contributed by atoms with Crippen molar-refractivity contribution in [3.05, 3.63) is 11.9 Å². The van der Waals surface area contributed by atoms with Gasteiger partial charge in [-0.1, -0.05) is 5.21 Å². The van der Waals surface area contributed by atoms with Crippen molar-refractivity contribution < 1.29 is 5.11 Å². The van der Waals surface area contributed by atoms with Crippen LogP contribution in [0.5, 0.6) is 0 Å². The molecule has 0 radical (unpaired) electrons. The Hall–Kier alpha value is -0.940. The average Bonchev–Trinajstić information content (AvgIpc) is 2.88. The first kappa shape index (κ1) is 10.2. The molecule has 2 atom stereocenters. The fourth-order valence-corrected chi connectivity index (χ4v) is 3.20. The van der Waals surface area contributed by atoms with Crippen molar-refractivity contribution in [1.29, 1.82) is 0 Å². The fraction of sp³-hybridized carbons (Fsp3) is 0.818. The molecule has 2 unspecified atom stereocenters. The Bertz CT molecular complexity index is 391. The molecular formula is C11H18N4O. The summed E-state index contributed by atoms with van der Waals surface area (Å²) >= 11 is 0. The fourth-order valence-electron chi connectivity index (χ4n) is 3.20. The molecule has 2 aliphatic rings. The highest BCUT2D eigenvalue weighted by molar-refractivity contribution is 5.09. The Morgan fingerprint density at radius 2 is 2.44 bits per heavy atom. The van der Waals surface area contributed by atoms with Gasteiger partial charge in [-0.05, 0) is 25.8 Å². The maximum absolute atomic E-state index is 10.7. The van der Waals surface area contributed by atoms with E-state index < -0.39 is 5.60 Å². The summed E-state index contributed by atoms with van der Waals surface area (Å²) in [6, 6.07) is 0.342. The third-order valence-electron chi connectivity index (χ3n) is 3.95. The Kier molecular flexibility index (Phi) is 2.26. The van der Waals surface area contributed by atoms with Crippen LogP contribution in [0.2, 0.25) is 0 Å². The highest BCUT2D eigenvalue weighted by Crippen LogP contribution is 2.37. The van der Waals surface area contributed by atoms with Crippen molar-refractivity contribution in [3.8, 4) is 0 Å². The molecule has 2 saturated heterocycles. The standard InChI is InChI=1S/C11H18N4O/c1-14-8-9(12-13-14)7-11(16)4-6-15-5-2-3-10(11)15/h8,10,16H,2-7H2,1H3. The number of hydrogen-bond donors (Lipinski definition) is 1. The zero-order chi connectivity index (χ0) is 11.2. The summed E-state index contributed by atoms with van der Waals surface area (Å²) in [7, 11) is 1.86. The van der Waals surface area contributed by atoms with Gasteiger partial charge >= 0.3 is 0 Å². The molecular weight excluding hydrogens is 204 g/mol. The van der Waals surface area contributed by atoms with Gasteiger partial charge in [-0.25, -0.2) is 0 Å². The van der Waals surface area contributed by atoms with Crippen LogP contribution in [0, 0.1) is 0 Å². The number of aromatic nitrogens is 3. The molecule has 5 nitrogen and oxygen atoms in total. The molecule has 2 fully saturated rings. The van der Waals surface area contributed by atoms with E-state index >= 15 is 0 Å². The molecule has 3 rings (SSSR count). The number of rotatable bonds is 2. The molecule has 0 aliphatic carbocycles. The lowest BCUT2D eigenvalue weighted by atomic mass is 9.88. The predicted octanol–water partition coefficient (Wildman–Crippen LogP) is -0.0432. The zero-order valence-electron chi connectivity index (χ0n) is 9.63. The van der Waals surface area contributed by atoms with Gasteiger partial charge in [-0.3, -0.25) is 9.58 Å². The smallest absolute Gasteiger partial charge is 0.0870 e. The molecule has 88 valence electrons. The first-order chi connectivity index (χ1) is 7.67. The topological polar surface area (TPSA) is 54.2 Å². The molecule has 0 bridgehead atoms. The van der Waals surface area contributed by atoms with E-state index in [4.69, 9.17) is 0 Å². The number of nitrogens with zero attached hydrogens (tertiary/aromatic N) is 4. The average molecular weight is 222 g/mol. The third kappa shape index (κ3) is 1.55. The quantitative estimate of drug-likeness (QED) is 0.762. The van der Waals surface area contributed by atoms with Gasteiger partial charge in [0.25, 0.3) is 0 Å². The zero-order valence-corrected chi connectivity index (χ0v) is 9.63. The second-order valence-electron chi connectivity index (χ2n) is 5.11. The highest BCUT2D eigenvalue weighted by Gasteiger charge is 2.48. The van der Waals surface area contributed by atoms with Crippen LogP contribution in [0.15, 0.2) is 6.20 Å². The van der Waals surface area contributed by atoms with E-state index in [0.29, 0.717) is 12.5 Å². The van der Waals surface area contributed by atoms with E-state index in [1.165, 1.54) is 6.42 Å². The first-order valence-electron chi connectivity index (χ1n) is 5.99. The summed E-state index contributed by atoms with van der Waals surface area (Å²) in [4.78, 5) is 2.41. The van der Waals surface area contributed by atoms with Crippen molar-refractivity contribution in [1.82, 2.24) is 19.9 Å². The molecule has 0 saturated carbocycles. The number of hydrogen-bond acceptors (Lipinski definition) is 4. The minimum Gasteiger partial charge on any atom is -0.388 e. The summed E-state index contributed by atoms with van der Waals surface area (Å²) in [6.07, 6.45) is 5.75. The van der Waals surface area contributed by atoms with E-state index in [0.717, 1.165) is 31.6 Å². The van der Waals surface area contributed by atoms with Crippen molar-refractivity contribution in [2.75, 3.05) is 13.1 Å². The first-order valence-corrected chi connectivity index (χ1v) is 5.99. The van der Waals surface area contributed by atoms with Gasteiger partial charge < -0.3 is 5.11 Å². The number of aryl methyl sites for hydroxylation is 1. The Balaban J connectivity index is 1.78. The van der Waals surface area contributed by atoms with Gasteiger partial charge in [0, 0.05) is 32.3 Å². The summed E-state index contributed by atoms with van der Waals surface area (Å²) in [6.45, 7) is 2.18. The van der Waals surface area contributed by atoms with Crippen molar-refractivity contribution in [2.45, 2.75) is 37.3 Å². The SMILES string of the molecule is Cn1cc(CC2(O)CCN3CCCC32)nn1. The van der Waals surface area contributed by atoms with Gasteiger partial charge in [0.05, 0.1) is 11.3 Å². The minimum atomic E-state index is -0.577. The molecule has 1 N–H and O–H groups in total. The lowest BCUT2D eigenvalue weighted by molar-refractivity contribution is 0.0132. The second-order valence-corrected chi connectivity index (χ2v) is 5.11. The normalized spacial score (nSPS) is 34.5. The molecule has 0 amide bonds. The largest absolute Gasteiger partial charge is 0.388 e. The van der Waals surface area contributed by atoms with Crippen LogP contribution < -0.4 is 0 Å². The summed E-state index contributed by atoms with van der Waals surface area (Å²) < 4.78 is 1.69. The van der Waals surface area contributed by atoms with Crippen LogP contribution in [0.1, 0.15) is 25.0 Å². The molecule has 16 heavy (non-hydrogen) atoms. The van der Waals surface area contributed by atoms with Crippen LogP contribution in [0.3, 0.4) is 0 Å². The van der Waals surface area contributed by atoms with Gasteiger partial charge in [-0.15, -0.1) is 5.10 Å². The van der Waals surface area contributed by atoms with Crippen LogP contribution in [0.25, 0.3) is 0 Å². The summed E-state index contributed by atoms with van der Waals surface area (Å²) in [5.41, 5.74) is 0.325. The maximum atomic E-state index is 10.7. The lowest BCUT2D eigenvalue weighted by Gasteiger charge is -2.28. The lowest BCUT2D eigenvalue weighted by Crippen LogP contribution is -2.43. The van der Waals surface area contributed by atoms with Crippen LogP contribution in [0.4, 0.5) is 0 Å².